The van der Waals surface area contributed by atoms with Gasteiger partial charge in [0.05, 0.1) is 5.60 Å². The van der Waals surface area contributed by atoms with E-state index in [1.54, 1.807) is 0 Å². The molecule has 98 valence electrons. The van der Waals surface area contributed by atoms with Crippen LogP contribution in [0.15, 0.2) is 12.2 Å². The molecule has 2 aliphatic carbocycles. The maximum Gasteiger partial charge on any atom is 0.334 e. The molecule has 4 unspecified atom stereocenters. The molecule has 0 aromatic rings. The predicted octanol–water partition coefficient (Wildman–Crippen LogP) is 2.45. The van der Waals surface area contributed by atoms with E-state index in [1.165, 1.54) is 6.42 Å². The zero-order valence-corrected chi connectivity index (χ0v) is 11.1. The minimum Gasteiger partial charge on any atom is -0.452 e. The van der Waals surface area contributed by atoms with Gasteiger partial charge < -0.3 is 9.47 Å². The number of ether oxygens (including phenoxy) is 2. The highest BCUT2D eigenvalue weighted by Gasteiger charge is 2.76. The molecule has 4 rings (SSSR count). The van der Waals surface area contributed by atoms with Gasteiger partial charge in [-0.1, -0.05) is 13.5 Å². The van der Waals surface area contributed by atoms with Crippen molar-refractivity contribution in [3.05, 3.63) is 12.2 Å². The first-order chi connectivity index (χ1) is 8.49. The zero-order valence-electron chi connectivity index (χ0n) is 11.1. The molecule has 0 amide bonds. The largest absolute Gasteiger partial charge is 0.452 e. The van der Waals surface area contributed by atoms with Crippen LogP contribution in [0.1, 0.15) is 39.5 Å². The van der Waals surface area contributed by atoms with Crippen molar-refractivity contribution in [1.29, 1.82) is 0 Å². The maximum absolute atomic E-state index is 12.0. The lowest BCUT2D eigenvalue weighted by atomic mass is 9.56. The number of esters is 1. The number of carbonyl (C=O) groups is 1. The van der Waals surface area contributed by atoms with E-state index >= 15 is 0 Å². The van der Waals surface area contributed by atoms with Gasteiger partial charge in [0, 0.05) is 17.4 Å². The Balaban J connectivity index is 1.83. The summed E-state index contributed by atoms with van der Waals surface area (Å²) >= 11 is 0. The third-order valence-corrected chi connectivity index (χ3v) is 5.92. The summed E-state index contributed by atoms with van der Waals surface area (Å²) in [5, 5.41) is 0. The van der Waals surface area contributed by atoms with Gasteiger partial charge in [0.1, 0.15) is 6.10 Å². The summed E-state index contributed by atoms with van der Waals surface area (Å²) in [5.74, 6) is 1.09. The summed E-state index contributed by atoms with van der Waals surface area (Å²) in [7, 11) is 0. The smallest absolute Gasteiger partial charge is 0.334 e. The Morgan fingerprint density at radius 2 is 2.11 bits per heavy atom. The van der Waals surface area contributed by atoms with E-state index in [1.807, 2.05) is 0 Å². The Bertz CT molecular complexity index is 457. The van der Waals surface area contributed by atoms with Crippen molar-refractivity contribution in [3.63, 3.8) is 0 Å². The zero-order chi connectivity index (χ0) is 12.7. The van der Waals surface area contributed by atoms with Gasteiger partial charge in [-0.15, -0.1) is 0 Å². The minimum absolute atomic E-state index is 0.0449. The molecule has 2 aliphatic heterocycles. The Kier molecular flexibility index (Phi) is 1.84. The number of rotatable bonds is 0. The van der Waals surface area contributed by atoms with Crippen LogP contribution < -0.4 is 0 Å². The number of carbonyl (C=O) groups excluding carboxylic acids is 1. The van der Waals surface area contributed by atoms with Crippen LogP contribution in [0.2, 0.25) is 0 Å². The van der Waals surface area contributed by atoms with E-state index in [0.717, 1.165) is 19.3 Å². The molecule has 4 fully saturated rings. The summed E-state index contributed by atoms with van der Waals surface area (Å²) in [5.41, 5.74) is 0.266. The molecule has 0 radical (unpaired) electrons. The second-order valence-corrected chi connectivity index (χ2v) is 6.83. The third kappa shape index (κ3) is 1.04. The normalized spacial score (nSPS) is 57.4. The van der Waals surface area contributed by atoms with Crippen molar-refractivity contribution in [3.8, 4) is 0 Å². The van der Waals surface area contributed by atoms with Gasteiger partial charge in [0.25, 0.3) is 0 Å². The van der Waals surface area contributed by atoms with Gasteiger partial charge in [-0.3, -0.25) is 0 Å². The molecule has 6 atom stereocenters. The highest BCUT2D eigenvalue weighted by molar-refractivity contribution is 5.92. The summed E-state index contributed by atoms with van der Waals surface area (Å²) in [6.07, 6.45) is 4.53. The van der Waals surface area contributed by atoms with Gasteiger partial charge in [-0.05, 0) is 38.5 Å². The van der Waals surface area contributed by atoms with E-state index in [4.69, 9.17) is 9.47 Å². The Morgan fingerprint density at radius 3 is 2.89 bits per heavy atom. The van der Waals surface area contributed by atoms with Crippen LogP contribution in [0.4, 0.5) is 0 Å². The molecule has 4 aliphatic rings. The van der Waals surface area contributed by atoms with Crippen molar-refractivity contribution in [2.24, 2.45) is 17.8 Å². The lowest BCUT2D eigenvalue weighted by Gasteiger charge is -2.49. The molecule has 0 aromatic heterocycles. The summed E-state index contributed by atoms with van der Waals surface area (Å²) < 4.78 is 11.9. The number of hydrogen-bond acceptors (Lipinski definition) is 3. The average Bonchev–Trinajstić information content (AvgIpc) is 2.95. The topological polar surface area (TPSA) is 38.8 Å². The Hall–Kier alpha value is -0.830. The lowest BCUT2D eigenvalue weighted by Crippen LogP contribution is -2.57. The first-order valence-corrected chi connectivity index (χ1v) is 7.09. The molecule has 3 heteroatoms. The predicted molar refractivity (Wildman–Crippen MR) is 65.9 cm³/mol. The molecule has 2 heterocycles. The third-order valence-electron chi connectivity index (χ3n) is 5.92. The van der Waals surface area contributed by atoms with Gasteiger partial charge in [0.2, 0.25) is 0 Å². The van der Waals surface area contributed by atoms with Gasteiger partial charge in [-0.25, -0.2) is 4.79 Å². The van der Waals surface area contributed by atoms with Crippen LogP contribution in [0, 0.1) is 17.8 Å². The lowest BCUT2D eigenvalue weighted by molar-refractivity contribution is -0.168. The maximum atomic E-state index is 12.0. The molecule has 2 saturated heterocycles. The molecular weight excluding hydrogens is 228 g/mol. The fraction of sp³-hybridized carbons (Fsp3) is 0.800. The quantitative estimate of drug-likeness (QED) is 0.375. The van der Waals surface area contributed by atoms with E-state index < -0.39 is 0 Å². The fourth-order valence-corrected chi connectivity index (χ4v) is 4.90. The number of epoxide rings is 1. The Labute approximate surface area is 108 Å². The summed E-state index contributed by atoms with van der Waals surface area (Å²) in [6, 6.07) is 0. The summed E-state index contributed by atoms with van der Waals surface area (Å²) in [4.78, 5) is 12.0. The monoisotopic (exact) mass is 248 g/mol. The molecule has 3 nitrogen and oxygen atoms in total. The van der Waals surface area contributed by atoms with Crippen LogP contribution in [0.3, 0.4) is 0 Å². The van der Waals surface area contributed by atoms with E-state index in [-0.39, 0.29) is 29.2 Å². The van der Waals surface area contributed by atoms with Crippen LogP contribution >= 0.6 is 0 Å². The molecule has 0 bridgehead atoms. The van der Waals surface area contributed by atoms with E-state index in [0.29, 0.717) is 17.4 Å². The van der Waals surface area contributed by atoms with Crippen molar-refractivity contribution in [2.75, 3.05) is 0 Å². The molecule has 0 aromatic carbocycles. The minimum atomic E-state index is -0.376. The molecule has 18 heavy (non-hydrogen) atoms. The van der Waals surface area contributed by atoms with Crippen molar-refractivity contribution < 1.29 is 14.3 Å². The average molecular weight is 248 g/mol. The SMILES string of the molecule is C=C1C(=O)O[C@@]23C1CCC(C)C2CC[C@@]1(C)OC31. The number of hydrogen-bond donors (Lipinski definition) is 0. The van der Waals surface area contributed by atoms with Crippen molar-refractivity contribution >= 4 is 5.97 Å². The van der Waals surface area contributed by atoms with Crippen LogP contribution in [-0.2, 0) is 14.3 Å². The molecule has 0 N–H and O–H groups in total. The highest BCUT2D eigenvalue weighted by atomic mass is 16.7. The molecule has 1 spiro atoms. The fourth-order valence-electron chi connectivity index (χ4n) is 4.90. The van der Waals surface area contributed by atoms with Crippen LogP contribution in [0.5, 0.6) is 0 Å². The van der Waals surface area contributed by atoms with Crippen LogP contribution in [-0.4, -0.2) is 23.3 Å². The first-order valence-electron chi connectivity index (χ1n) is 7.09. The van der Waals surface area contributed by atoms with Gasteiger partial charge in [0.15, 0.2) is 5.60 Å². The highest BCUT2D eigenvalue weighted by Crippen LogP contribution is 2.66. The first kappa shape index (κ1) is 11.0. The van der Waals surface area contributed by atoms with Crippen molar-refractivity contribution in [2.45, 2.75) is 56.8 Å². The second kappa shape index (κ2) is 3.01. The van der Waals surface area contributed by atoms with Crippen molar-refractivity contribution in [1.82, 2.24) is 0 Å². The van der Waals surface area contributed by atoms with E-state index in [2.05, 4.69) is 20.4 Å². The van der Waals surface area contributed by atoms with Crippen LogP contribution in [0.25, 0.3) is 0 Å². The Morgan fingerprint density at radius 1 is 1.33 bits per heavy atom. The second-order valence-electron chi connectivity index (χ2n) is 6.83. The van der Waals surface area contributed by atoms with E-state index in [9.17, 15) is 4.79 Å². The van der Waals surface area contributed by atoms with Gasteiger partial charge >= 0.3 is 5.97 Å². The van der Waals surface area contributed by atoms with Gasteiger partial charge in [-0.2, -0.15) is 0 Å². The molecule has 2 saturated carbocycles. The number of fused-ring (bicyclic) bond motifs is 1. The standard InChI is InChI=1S/C15H20O3/c1-8-4-5-11-9(2)12(16)17-15(11)10(8)6-7-14(3)13(15)18-14/h8,10-11,13H,2,4-7H2,1,3H3/t8?,10?,11?,13?,14-,15-/m1/s1. The molecular formula is C15H20O3. The summed E-state index contributed by atoms with van der Waals surface area (Å²) in [6.45, 7) is 8.43.